The van der Waals surface area contributed by atoms with Crippen molar-refractivity contribution in [3.05, 3.63) is 53.6 Å². The zero-order valence-electron chi connectivity index (χ0n) is 17.9. The van der Waals surface area contributed by atoms with E-state index in [2.05, 4.69) is 15.6 Å². The number of rotatable bonds is 10. The highest BCUT2D eigenvalue weighted by molar-refractivity contribution is 5.93. The van der Waals surface area contributed by atoms with Crippen LogP contribution < -0.4 is 20.1 Å². The lowest BCUT2D eigenvalue weighted by atomic mass is 10.1. The number of anilines is 1. The second-order valence-electron chi connectivity index (χ2n) is 6.55. The number of hydrogen-bond donors (Lipinski definition) is 2. The van der Waals surface area contributed by atoms with E-state index in [1.807, 2.05) is 32.0 Å². The molecule has 0 aliphatic heterocycles. The summed E-state index contributed by atoms with van der Waals surface area (Å²) in [6.07, 6.45) is -4.34. The number of alkyl halides is 3. The van der Waals surface area contributed by atoms with Crippen molar-refractivity contribution >= 4 is 11.6 Å². The van der Waals surface area contributed by atoms with Gasteiger partial charge in [0.1, 0.15) is 6.61 Å². The number of ether oxygens (including phenoxy) is 3. The average molecular weight is 439 g/mol. The van der Waals surface area contributed by atoms with E-state index in [0.29, 0.717) is 42.7 Å². The molecule has 0 saturated heterocycles. The van der Waals surface area contributed by atoms with Crippen LogP contribution in [-0.4, -0.2) is 39.0 Å². The van der Waals surface area contributed by atoms with E-state index in [9.17, 15) is 13.2 Å². The Hall–Kier alpha value is -2.94. The minimum Gasteiger partial charge on any atom is -0.493 e. The van der Waals surface area contributed by atoms with Crippen molar-refractivity contribution in [2.75, 3.05) is 32.2 Å². The van der Waals surface area contributed by atoms with E-state index in [-0.39, 0.29) is 6.61 Å². The van der Waals surface area contributed by atoms with Crippen molar-refractivity contribution in [1.29, 1.82) is 0 Å². The highest BCUT2D eigenvalue weighted by Gasteiger charge is 2.27. The predicted octanol–water partition coefficient (Wildman–Crippen LogP) is 4.75. The molecule has 2 rings (SSSR count). The van der Waals surface area contributed by atoms with Gasteiger partial charge in [-0.2, -0.15) is 13.2 Å². The monoisotopic (exact) mass is 439 g/mol. The average Bonchev–Trinajstić information content (AvgIpc) is 2.72. The SMILES string of the molecule is CCNC(=NCc1cccc(COCC(F)(F)F)c1)Nc1ccc(OC)c(OCC)c1. The van der Waals surface area contributed by atoms with Crippen molar-refractivity contribution in [2.45, 2.75) is 33.2 Å². The maximum atomic E-state index is 12.2. The van der Waals surface area contributed by atoms with Crippen molar-refractivity contribution in [2.24, 2.45) is 4.99 Å². The number of halogens is 3. The minimum absolute atomic E-state index is 0.110. The summed E-state index contributed by atoms with van der Waals surface area (Å²) in [4.78, 5) is 4.56. The fourth-order valence-electron chi connectivity index (χ4n) is 2.74. The van der Waals surface area contributed by atoms with Gasteiger partial charge in [-0.05, 0) is 37.1 Å². The summed E-state index contributed by atoms with van der Waals surface area (Å²) in [6, 6.07) is 12.6. The molecule has 0 saturated carbocycles. The topological polar surface area (TPSA) is 64.1 Å². The molecule has 2 N–H and O–H groups in total. The normalized spacial score (nSPS) is 11.9. The molecule has 0 atom stereocenters. The number of nitrogens with zero attached hydrogens (tertiary/aromatic N) is 1. The molecule has 0 unspecified atom stereocenters. The van der Waals surface area contributed by atoms with Crippen molar-refractivity contribution < 1.29 is 27.4 Å². The third kappa shape index (κ3) is 8.75. The zero-order chi connectivity index (χ0) is 22.7. The first-order chi connectivity index (χ1) is 14.8. The van der Waals surface area contributed by atoms with Gasteiger partial charge in [-0.25, -0.2) is 4.99 Å². The number of benzene rings is 2. The first-order valence-corrected chi connectivity index (χ1v) is 9.93. The van der Waals surface area contributed by atoms with E-state index in [0.717, 1.165) is 11.3 Å². The van der Waals surface area contributed by atoms with Crippen LogP contribution in [0.3, 0.4) is 0 Å². The molecule has 2 aromatic carbocycles. The van der Waals surface area contributed by atoms with Crippen LogP contribution in [0.15, 0.2) is 47.5 Å². The second kappa shape index (κ2) is 12.0. The van der Waals surface area contributed by atoms with E-state index in [1.54, 1.807) is 31.4 Å². The fraction of sp³-hybridized carbons (Fsp3) is 0.409. The highest BCUT2D eigenvalue weighted by atomic mass is 19.4. The zero-order valence-corrected chi connectivity index (χ0v) is 17.9. The van der Waals surface area contributed by atoms with E-state index >= 15 is 0 Å². The maximum absolute atomic E-state index is 12.2. The summed E-state index contributed by atoms with van der Waals surface area (Å²) in [5.41, 5.74) is 2.29. The van der Waals surface area contributed by atoms with Crippen LogP contribution in [0.2, 0.25) is 0 Å². The van der Waals surface area contributed by atoms with Crippen molar-refractivity contribution in [3.8, 4) is 11.5 Å². The van der Waals surface area contributed by atoms with Crippen molar-refractivity contribution in [3.63, 3.8) is 0 Å². The Bertz CT molecular complexity index is 857. The molecule has 0 radical (unpaired) electrons. The Balaban J connectivity index is 2.06. The van der Waals surface area contributed by atoms with Gasteiger partial charge in [-0.15, -0.1) is 0 Å². The molecular formula is C22H28F3N3O3. The largest absolute Gasteiger partial charge is 0.493 e. The molecule has 0 bridgehead atoms. The summed E-state index contributed by atoms with van der Waals surface area (Å²) >= 11 is 0. The van der Waals surface area contributed by atoms with Gasteiger partial charge in [-0.3, -0.25) is 0 Å². The lowest BCUT2D eigenvalue weighted by Gasteiger charge is -2.14. The van der Waals surface area contributed by atoms with Gasteiger partial charge in [0.25, 0.3) is 0 Å². The molecule has 0 aromatic heterocycles. The lowest BCUT2D eigenvalue weighted by Crippen LogP contribution is -2.30. The Morgan fingerprint density at radius 1 is 1.03 bits per heavy atom. The fourth-order valence-corrected chi connectivity index (χ4v) is 2.74. The van der Waals surface area contributed by atoms with Crippen molar-refractivity contribution in [1.82, 2.24) is 5.32 Å². The van der Waals surface area contributed by atoms with Gasteiger partial charge in [0, 0.05) is 18.3 Å². The van der Waals surface area contributed by atoms with Crippen LogP contribution in [0.1, 0.15) is 25.0 Å². The number of aliphatic imine (C=N–C) groups is 1. The molecule has 0 fully saturated rings. The summed E-state index contributed by atoms with van der Waals surface area (Å²) in [5, 5.41) is 6.38. The van der Waals surface area contributed by atoms with Crippen LogP contribution >= 0.6 is 0 Å². The van der Waals surface area contributed by atoms with Crippen LogP contribution in [0, 0.1) is 0 Å². The number of nitrogens with one attached hydrogen (secondary N) is 2. The molecule has 6 nitrogen and oxygen atoms in total. The second-order valence-corrected chi connectivity index (χ2v) is 6.55. The molecule has 0 aliphatic carbocycles. The van der Waals surface area contributed by atoms with Gasteiger partial charge in [0.2, 0.25) is 0 Å². The summed E-state index contributed by atoms with van der Waals surface area (Å²) in [5.74, 6) is 1.82. The quantitative estimate of drug-likeness (QED) is 0.413. The van der Waals surface area contributed by atoms with Crippen LogP contribution in [-0.2, 0) is 17.9 Å². The first-order valence-electron chi connectivity index (χ1n) is 9.93. The summed E-state index contributed by atoms with van der Waals surface area (Å²) in [7, 11) is 1.58. The third-order valence-electron chi connectivity index (χ3n) is 4.02. The molecule has 31 heavy (non-hydrogen) atoms. The highest BCUT2D eigenvalue weighted by Crippen LogP contribution is 2.30. The molecule has 0 amide bonds. The predicted molar refractivity (Wildman–Crippen MR) is 115 cm³/mol. The third-order valence-corrected chi connectivity index (χ3v) is 4.02. The molecule has 0 aliphatic rings. The molecule has 0 heterocycles. The molecule has 9 heteroatoms. The molecular weight excluding hydrogens is 411 g/mol. The minimum atomic E-state index is -4.34. The Morgan fingerprint density at radius 2 is 1.81 bits per heavy atom. The number of guanidine groups is 1. The number of methoxy groups -OCH3 is 1. The van der Waals surface area contributed by atoms with E-state index < -0.39 is 12.8 Å². The van der Waals surface area contributed by atoms with E-state index in [1.165, 1.54) is 0 Å². The first kappa shape index (κ1) is 24.3. The van der Waals surface area contributed by atoms with Gasteiger partial charge in [0.15, 0.2) is 17.5 Å². The lowest BCUT2D eigenvalue weighted by molar-refractivity contribution is -0.176. The molecule has 170 valence electrons. The van der Waals surface area contributed by atoms with Gasteiger partial charge in [-0.1, -0.05) is 24.3 Å². The van der Waals surface area contributed by atoms with Crippen LogP contribution in [0.5, 0.6) is 11.5 Å². The smallest absolute Gasteiger partial charge is 0.411 e. The standard InChI is InChI=1S/C22H28F3N3O3/c1-4-26-21(28-18-9-10-19(29-3)20(12-18)31-5-2)27-13-16-7-6-8-17(11-16)14-30-15-22(23,24)25/h6-12H,4-5,13-15H2,1-3H3,(H2,26,27,28). The summed E-state index contributed by atoms with van der Waals surface area (Å²) < 4.78 is 52.3. The maximum Gasteiger partial charge on any atom is 0.411 e. The van der Waals surface area contributed by atoms with Crippen LogP contribution in [0.4, 0.5) is 18.9 Å². The van der Waals surface area contributed by atoms with E-state index in [4.69, 9.17) is 14.2 Å². The molecule has 2 aromatic rings. The van der Waals surface area contributed by atoms with Gasteiger partial charge >= 0.3 is 6.18 Å². The van der Waals surface area contributed by atoms with Gasteiger partial charge < -0.3 is 24.8 Å². The Labute approximate surface area is 180 Å². The van der Waals surface area contributed by atoms with Gasteiger partial charge in [0.05, 0.1) is 26.9 Å². The number of hydrogen-bond acceptors (Lipinski definition) is 4. The Morgan fingerprint density at radius 3 is 2.48 bits per heavy atom. The Kier molecular flexibility index (Phi) is 9.45. The van der Waals surface area contributed by atoms with Crippen LogP contribution in [0.25, 0.3) is 0 Å². The summed E-state index contributed by atoms with van der Waals surface area (Å²) in [6.45, 7) is 3.99. The molecule has 0 spiro atoms.